The molecule has 0 bridgehead atoms. The maximum atomic E-state index is 12.9. The number of hydrogen-bond acceptors (Lipinski definition) is 3. The van der Waals surface area contributed by atoms with Crippen molar-refractivity contribution in [1.82, 2.24) is 14.9 Å². The number of nitrogens with zero attached hydrogens (tertiary/aromatic N) is 2. The van der Waals surface area contributed by atoms with Gasteiger partial charge in [0.05, 0.1) is 19.1 Å². The van der Waals surface area contributed by atoms with Gasteiger partial charge in [0.15, 0.2) is 0 Å². The van der Waals surface area contributed by atoms with Crippen LogP contribution in [-0.2, 0) is 16.8 Å². The molecule has 1 aliphatic carbocycles. The average Bonchev–Trinajstić information content (AvgIpc) is 3.38. The molecule has 0 aliphatic heterocycles. The molecule has 5 nitrogen and oxygen atoms in total. The third-order valence-electron chi connectivity index (χ3n) is 4.97. The average molecular weight is 347 g/mol. The standard InChI is InChI=1S/C21H21N3O2/c1-26-18-9-5-6-16(14-18)21(10-11-21)20(25)23-15-19-22-12-13-24(19)17-7-3-2-4-8-17/h2-9,12-14H,10-11,15H2,1H3,(H,23,25). The zero-order valence-electron chi connectivity index (χ0n) is 14.7. The first-order valence-electron chi connectivity index (χ1n) is 8.73. The topological polar surface area (TPSA) is 56.1 Å². The molecule has 4 rings (SSSR count). The van der Waals surface area contributed by atoms with Crippen LogP contribution in [0.2, 0.25) is 0 Å². The van der Waals surface area contributed by atoms with Crippen molar-refractivity contribution in [3.05, 3.63) is 78.4 Å². The van der Waals surface area contributed by atoms with Gasteiger partial charge in [0.1, 0.15) is 11.6 Å². The molecule has 0 saturated heterocycles. The van der Waals surface area contributed by atoms with Gasteiger partial charge in [0, 0.05) is 18.1 Å². The predicted octanol–water partition coefficient (Wildman–Crippen LogP) is 3.23. The number of aromatic nitrogens is 2. The highest BCUT2D eigenvalue weighted by Gasteiger charge is 2.51. The number of rotatable bonds is 6. The Bertz CT molecular complexity index is 914. The number of ether oxygens (including phenoxy) is 1. The maximum absolute atomic E-state index is 12.9. The van der Waals surface area contributed by atoms with E-state index < -0.39 is 5.41 Å². The number of amides is 1. The van der Waals surface area contributed by atoms with Crippen LogP contribution in [0, 0.1) is 0 Å². The summed E-state index contributed by atoms with van der Waals surface area (Å²) in [6, 6.07) is 17.8. The smallest absolute Gasteiger partial charge is 0.231 e. The zero-order chi connectivity index (χ0) is 18.0. The Morgan fingerprint density at radius 2 is 2.00 bits per heavy atom. The van der Waals surface area contributed by atoms with Crippen LogP contribution in [0.4, 0.5) is 0 Å². The second-order valence-corrected chi connectivity index (χ2v) is 6.55. The summed E-state index contributed by atoms with van der Waals surface area (Å²) in [6.45, 7) is 0.395. The lowest BCUT2D eigenvalue weighted by molar-refractivity contribution is -0.123. The van der Waals surface area contributed by atoms with Crippen molar-refractivity contribution < 1.29 is 9.53 Å². The molecule has 0 unspecified atom stereocenters. The van der Waals surface area contributed by atoms with E-state index in [1.807, 2.05) is 65.4 Å². The van der Waals surface area contributed by atoms with E-state index in [2.05, 4.69) is 10.3 Å². The summed E-state index contributed by atoms with van der Waals surface area (Å²) in [5.41, 5.74) is 1.61. The van der Waals surface area contributed by atoms with Gasteiger partial charge >= 0.3 is 0 Å². The van der Waals surface area contributed by atoms with Crippen LogP contribution in [-0.4, -0.2) is 22.6 Å². The Morgan fingerprint density at radius 3 is 2.73 bits per heavy atom. The minimum atomic E-state index is -0.432. The molecule has 26 heavy (non-hydrogen) atoms. The van der Waals surface area contributed by atoms with E-state index >= 15 is 0 Å². The number of para-hydroxylation sites is 1. The molecule has 132 valence electrons. The van der Waals surface area contributed by atoms with Crippen molar-refractivity contribution >= 4 is 5.91 Å². The fourth-order valence-electron chi connectivity index (χ4n) is 3.31. The van der Waals surface area contributed by atoms with E-state index in [1.54, 1.807) is 13.3 Å². The van der Waals surface area contributed by atoms with Gasteiger partial charge in [-0.15, -0.1) is 0 Å². The number of benzene rings is 2. The number of hydrogen-bond donors (Lipinski definition) is 1. The van der Waals surface area contributed by atoms with Gasteiger partial charge in [0.2, 0.25) is 5.91 Å². The molecule has 1 fully saturated rings. The first-order valence-corrected chi connectivity index (χ1v) is 8.73. The van der Waals surface area contributed by atoms with E-state index in [1.165, 1.54) is 0 Å². The monoisotopic (exact) mass is 347 g/mol. The molecular weight excluding hydrogens is 326 g/mol. The van der Waals surface area contributed by atoms with Gasteiger partial charge in [-0.05, 0) is 42.7 Å². The molecule has 2 aromatic carbocycles. The molecule has 0 spiro atoms. The minimum Gasteiger partial charge on any atom is -0.497 e. The van der Waals surface area contributed by atoms with Crippen molar-refractivity contribution in [1.29, 1.82) is 0 Å². The number of imidazole rings is 1. The summed E-state index contributed by atoms with van der Waals surface area (Å²) in [7, 11) is 1.64. The Morgan fingerprint density at radius 1 is 1.19 bits per heavy atom. The lowest BCUT2D eigenvalue weighted by Crippen LogP contribution is -2.35. The Balaban J connectivity index is 1.49. The van der Waals surface area contributed by atoms with Gasteiger partial charge in [-0.25, -0.2) is 4.98 Å². The first kappa shape index (κ1) is 16.4. The van der Waals surface area contributed by atoms with Crippen molar-refractivity contribution in [3.8, 4) is 11.4 Å². The molecule has 1 amide bonds. The largest absolute Gasteiger partial charge is 0.497 e. The van der Waals surface area contributed by atoms with Crippen LogP contribution in [0.5, 0.6) is 5.75 Å². The summed E-state index contributed by atoms with van der Waals surface area (Å²) in [5, 5.41) is 3.07. The summed E-state index contributed by atoms with van der Waals surface area (Å²) in [6.07, 6.45) is 5.38. The van der Waals surface area contributed by atoms with Crippen molar-refractivity contribution in [3.63, 3.8) is 0 Å². The third-order valence-corrected chi connectivity index (χ3v) is 4.97. The highest BCUT2D eigenvalue weighted by Crippen LogP contribution is 2.49. The third kappa shape index (κ3) is 2.96. The molecule has 1 aromatic heterocycles. The van der Waals surface area contributed by atoms with Crippen molar-refractivity contribution in [2.24, 2.45) is 0 Å². The number of carbonyl (C=O) groups excluding carboxylic acids is 1. The van der Waals surface area contributed by atoms with E-state index in [9.17, 15) is 4.79 Å². The van der Waals surface area contributed by atoms with Crippen LogP contribution in [0.1, 0.15) is 24.2 Å². The number of carbonyl (C=O) groups is 1. The summed E-state index contributed by atoms with van der Waals surface area (Å²) in [5.74, 6) is 1.64. The second kappa shape index (κ2) is 6.67. The fourth-order valence-corrected chi connectivity index (χ4v) is 3.31. The van der Waals surface area contributed by atoms with Gasteiger partial charge in [0.25, 0.3) is 0 Å². The van der Waals surface area contributed by atoms with Crippen LogP contribution in [0.3, 0.4) is 0 Å². The highest BCUT2D eigenvalue weighted by atomic mass is 16.5. The Labute approximate surface area is 152 Å². The molecule has 1 aliphatic rings. The van der Waals surface area contributed by atoms with Crippen LogP contribution >= 0.6 is 0 Å². The van der Waals surface area contributed by atoms with Crippen LogP contribution in [0.25, 0.3) is 5.69 Å². The van der Waals surface area contributed by atoms with Gasteiger partial charge in [-0.2, -0.15) is 0 Å². The maximum Gasteiger partial charge on any atom is 0.231 e. The van der Waals surface area contributed by atoms with E-state index in [-0.39, 0.29) is 5.91 Å². The zero-order valence-corrected chi connectivity index (χ0v) is 14.7. The van der Waals surface area contributed by atoms with E-state index in [0.717, 1.165) is 35.7 Å². The lowest BCUT2D eigenvalue weighted by atomic mass is 9.95. The summed E-state index contributed by atoms with van der Waals surface area (Å²) < 4.78 is 7.29. The molecule has 1 N–H and O–H groups in total. The van der Waals surface area contributed by atoms with Crippen molar-refractivity contribution in [2.45, 2.75) is 24.8 Å². The quantitative estimate of drug-likeness (QED) is 0.745. The van der Waals surface area contributed by atoms with Crippen LogP contribution in [0.15, 0.2) is 67.0 Å². The fraction of sp³-hybridized carbons (Fsp3) is 0.238. The SMILES string of the molecule is COc1cccc(C2(C(=O)NCc3nccn3-c3ccccc3)CC2)c1. The van der Waals surface area contributed by atoms with E-state index in [0.29, 0.717) is 6.54 Å². The molecule has 1 heterocycles. The van der Waals surface area contributed by atoms with Crippen molar-refractivity contribution in [2.75, 3.05) is 7.11 Å². The molecular formula is C21H21N3O2. The minimum absolute atomic E-state index is 0.0494. The summed E-state index contributed by atoms with van der Waals surface area (Å²) in [4.78, 5) is 17.3. The van der Waals surface area contributed by atoms with Gasteiger partial charge in [-0.3, -0.25) is 4.79 Å². The molecule has 0 atom stereocenters. The predicted molar refractivity (Wildman–Crippen MR) is 99.3 cm³/mol. The number of methoxy groups -OCH3 is 1. The first-order chi connectivity index (χ1) is 12.7. The van der Waals surface area contributed by atoms with Crippen LogP contribution < -0.4 is 10.1 Å². The van der Waals surface area contributed by atoms with Gasteiger partial charge in [-0.1, -0.05) is 30.3 Å². The molecule has 5 heteroatoms. The highest BCUT2D eigenvalue weighted by molar-refractivity contribution is 5.91. The normalized spacial score (nSPS) is 14.7. The molecule has 3 aromatic rings. The molecule has 0 radical (unpaired) electrons. The Hall–Kier alpha value is -3.08. The second-order valence-electron chi connectivity index (χ2n) is 6.55. The molecule has 1 saturated carbocycles. The van der Waals surface area contributed by atoms with E-state index in [4.69, 9.17) is 4.74 Å². The summed E-state index contributed by atoms with van der Waals surface area (Å²) >= 11 is 0. The Kier molecular flexibility index (Phi) is 4.21. The number of nitrogens with one attached hydrogen (secondary N) is 1. The lowest BCUT2D eigenvalue weighted by Gasteiger charge is -2.17. The van der Waals surface area contributed by atoms with Gasteiger partial charge < -0.3 is 14.6 Å².